The van der Waals surface area contributed by atoms with Crippen molar-refractivity contribution >= 4 is 22.6 Å². The lowest BCUT2D eigenvalue weighted by Crippen LogP contribution is -2.27. The van der Waals surface area contributed by atoms with E-state index in [-0.39, 0.29) is 5.78 Å². The van der Waals surface area contributed by atoms with Crippen molar-refractivity contribution in [1.82, 2.24) is 9.38 Å². The number of nitrogens with zero attached hydrogens (tertiary/aromatic N) is 2. The number of imidazole rings is 2. The SMILES string of the molecule is CC(=O)c1c(C)[nH]c2n1c1ccccc1[n+]2C. The van der Waals surface area contributed by atoms with Gasteiger partial charge in [-0.15, -0.1) is 0 Å². The van der Waals surface area contributed by atoms with E-state index < -0.39 is 0 Å². The first-order chi connectivity index (χ1) is 8.11. The lowest BCUT2D eigenvalue weighted by molar-refractivity contribution is -0.620. The number of hydrogen-bond acceptors (Lipinski definition) is 1. The zero-order valence-corrected chi connectivity index (χ0v) is 10.1. The monoisotopic (exact) mass is 228 g/mol. The van der Waals surface area contributed by atoms with Gasteiger partial charge in [0.2, 0.25) is 0 Å². The molecule has 0 radical (unpaired) electrons. The van der Waals surface area contributed by atoms with Crippen LogP contribution < -0.4 is 4.57 Å². The van der Waals surface area contributed by atoms with E-state index in [9.17, 15) is 4.79 Å². The molecule has 0 saturated carbocycles. The first kappa shape index (κ1) is 10.1. The molecule has 4 heteroatoms. The largest absolute Gasteiger partial charge is 0.368 e. The number of aryl methyl sites for hydroxylation is 2. The van der Waals surface area contributed by atoms with Gasteiger partial charge < -0.3 is 0 Å². The van der Waals surface area contributed by atoms with Gasteiger partial charge in [-0.1, -0.05) is 12.1 Å². The summed E-state index contributed by atoms with van der Waals surface area (Å²) in [6.07, 6.45) is 0. The fraction of sp³-hybridized carbons (Fsp3) is 0.231. The van der Waals surface area contributed by atoms with Crippen LogP contribution in [0.1, 0.15) is 23.1 Å². The molecule has 1 aromatic carbocycles. The van der Waals surface area contributed by atoms with Crippen LogP contribution in [0.15, 0.2) is 24.3 Å². The molecule has 2 aromatic heterocycles. The van der Waals surface area contributed by atoms with Gasteiger partial charge >= 0.3 is 5.78 Å². The zero-order chi connectivity index (χ0) is 12.2. The number of ketones is 1. The molecular formula is C13H14N3O+. The molecule has 0 fully saturated rings. The fourth-order valence-corrected chi connectivity index (χ4v) is 2.50. The highest BCUT2D eigenvalue weighted by molar-refractivity contribution is 5.96. The van der Waals surface area contributed by atoms with Crippen LogP contribution >= 0.6 is 0 Å². The second kappa shape index (κ2) is 3.20. The minimum Gasteiger partial charge on any atom is -0.291 e. The second-order valence-corrected chi connectivity index (χ2v) is 4.36. The number of aromatic nitrogens is 3. The van der Waals surface area contributed by atoms with Gasteiger partial charge in [0.15, 0.2) is 11.5 Å². The third-order valence-corrected chi connectivity index (χ3v) is 3.23. The number of fused-ring (bicyclic) bond motifs is 3. The van der Waals surface area contributed by atoms with Crippen LogP contribution in [0.2, 0.25) is 0 Å². The van der Waals surface area contributed by atoms with Crippen molar-refractivity contribution in [3.8, 4) is 0 Å². The summed E-state index contributed by atoms with van der Waals surface area (Å²) in [7, 11) is 2.00. The number of carbonyl (C=O) groups is 1. The molecule has 0 atom stereocenters. The number of benzene rings is 1. The fourth-order valence-electron chi connectivity index (χ4n) is 2.50. The van der Waals surface area contributed by atoms with Gasteiger partial charge in [0.25, 0.3) is 0 Å². The number of nitrogens with one attached hydrogen (secondary N) is 1. The Kier molecular flexibility index (Phi) is 1.90. The van der Waals surface area contributed by atoms with E-state index in [0.717, 1.165) is 28.2 Å². The normalized spacial score (nSPS) is 11.5. The van der Waals surface area contributed by atoms with E-state index in [0.29, 0.717) is 0 Å². The third kappa shape index (κ3) is 1.18. The van der Waals surface area contributed by atoms with Crippen LogP contribution in [0.3, 0.4) is 0 Å². The van der Waals surface area contributed by atoms with Gasteiger partial charge in [-0.3, -0.25) is 4.79 Å². The molecule has 0 aliphatic carbocycles. The number of H-pyrrole nitrogens is 1. The van der Waals surface area contributed by atoms with Gasteiger partial charge in [-0.05, 0) is 19.1 Å². The molecule has 0 aliphatic heterocycles. The lowest BCUT2D eigenvalue weighted by Gasteiger charge is -1.91. The molecule has 1 N–H and O–H groups in total. The summed E-state index contributed by atoms with van der Waals surface area (Å²) in [6, 6.07) is 8.07. The van der Waals surface area contributed by atoms with E-state index in [1.165, 1.54) is 0 Å². The van der Waals surface area contributed by atoms with Gasteiger partial charge in [-0.25, -0.2) is 9.55 Å². The Balaban J connectivity index is 2.62. The standard InChI is InChI=1S/C13H13N3O/c1-8-12(9(2)17)16-11-7-5-4-6-10(11)15(3)13(16)14-8/h4-7H,1-3H3/p+1. The Bertz CT molecular complexity index is 749. The van der Waals surface area contributed by atoms with Crippen molar-refractivity contribution in [2.24, 2.45) is 7.05 Å². The molecule has 0 saturated heterocycles. The molecule has 0 bridgehead atoms. The van der Waals surface area contributed by atoms with Crippen molar-refractivity contribution in [3.63, 3.8) is 0 Å². The number of Topliss-reactive ketones (excluding diaryl/α,β-unsaturated/α-hetero) is 1. The molecule has 0 amide bonds. The van der Waals surface area contributed by atoms with Gasteiger partial charge in [0.05, 0.1) is 7.05 Å². The van der Waals surface area contributed by atoms with Crippen LogP contribution in [0, 0.1) is 6.92 Å². The summed E-state index contributed by atoms with van der Waals surface area (Å²) >= 11 is 0. The molecule has 17 heavy (non-hydrogen) atoms. The average Bonchev–Trinajstić information content (AvgIpc) is 2.76. The molecule has 3 aromatic rings. The van der Waals surface area contributed by atoms with Crippen molar-refractivity contribution in [2.45, 2.75) is 13.8 Å². The molecule has 2 heterocycles. The minimum atomic E-state index is 0.0788. The maximum atomic E-state index is 11.7. The van der Waals surface area contributed by atoms with Crippen LogP contribution in [0.25, 0.3) is 16.8 Å². The van der Waals surface area contributed by atoms with Gasteiger partial charge in [0, 0.05) is 6.92 Å². The van der Waals surface area contributed by atoms with Gasteiger partial charge in [0.1, 0.15) is 16.7 Å². The quantitative estimate of drug-likeness (QED) is 0.500. The topological polar surface area (TPSA) is 41.1 Å². The molecule has 0 unspecified atom stereocenters. The van der Waals surface area contributed by atoms with Crippen LogP contribution in [-0.2, 0) is 7.05 Å². The lowest BCUT2D eigenvalue weighted by atomic mass is 10.2. The van der Waals surface area contributed by atoms with Crippen molar-refractivity contribution in [3.05, 3.63) is 35.7 Å². The van der Waals surface area contributed by atoms with Crippen LogP contribution in [0.5, 0.6) is 0 Å². The third-order valence-electron chi connectivity index (χ3n) is 3.23. The molecule has 0 spiro atoms. The predicted molar refractivity (Wildman–Crippen MR) is 65.2 cm³/mol. The van der Waals surface area contributed by atoms with E-state index in [2.05, 4.69) is 15.6 Å². The minimum absolute atomic E-state index is 0.0788. The summed E-state index contributed by atoms with van der Waals surface area (Å²) in [5.74, 6) is 1.02. The van der Waals surface area contributed by atoms with Crippen LogP contribution in [0.4, 0.5) is 0 Å². The Labute approximate surface area is 98.5 Å². The highest BCUT2D eigenvalue weighted by atomic mass is 16.1. The van der Waals surface area contributed by atoms with Crippen molar-refractivity contribution in [1.29, 1.82) is 0 Å². The summed E-state index contributed by atoms with van der Waals surface area (Å²) in [5, 5.41) is 0. The van der Waals surface area contributed by atoms with E-state index in [1.807, 2.05) is 36.6 Å². The first-order valence-electron chi connectivity index (χ1n) is 5.60. The number of rotatable bonds is 1. The first-order valence-corrected chi connectivity index (χ1v) is 5.60. The molecular weight excluding hydrogens is 214 g/mol. The van der Waals surface area contributed by atoms with E-state index >= 15 is 0 Å². The smallest absolute Gasteiger partial charge is 0.291 e. The highest BCUT2D eigenvalue weighted by Gasteiger charge is 2.25. The van der Waals surface area contributed by atoms with Crippen molar-refractivity contribution in [2.75, 3.05) is 0 Å². The Morgan fingerprint density at radius 2 is 2.06 bits per heavy atom. The number of carbonyl (C=O) groups excluding carboxylic acids is 1. The van der Waals surface area contributed by atoms with Crippen molar-refractivity contribution < 1.29 is 9.36 Å². The highest BCUT2D eigenvalue weighted by Crippen LogP contribution is 2.19. The number of hydrogen-bond donors (Lipinski definition) is 1. The average molecular weight is 228 g/mol. The van der Waals surface area contributed by atoms with E-state index in [4.69, 9.17) is 0 Å². The maximum Gasteiger partial charge on any atom is 0.368 e. The molecule has 86 valence electrons. The predicted octanol–water partition coefficient (Wildman–Crippen LogP) is 1.76. The molecule has 4 nitrogen and oxygen atoms in total. The summed E-state index contributed by atoms with van der Waals surface area (Å²) in [5.41, 5.74) is 3.81. The zero-order valence-electron chi connectivity index (χ0n) is 10.1. The second-order valence-electron chi connectivity index (χ2n) is 4.36. The Morgan fingerprint density at radius 3 is 2.76 bits per heavy atom. The van der Waals surface area contributed by atoms with Crippen LogP contribution in [-0.4, -0.2) is 15.2 Å². The molecule has 0 aliphatic rings. The van der Waals surface area contributed by atoms with E-state index in [1.54, 1.807) is 6.92 Å². The number of para-hydroxylation sites is 2. The molecule has 3 rings (SSSR count). The Morgan fingerprint density at radius 1 is 1.35 bits per heavy atom. The maximum absolute atomic E-state index is 11.7. The summed E-state index contributed by atoms with van der Waals surface area (Å²) < 4.78 is 4.06. The Hall–Kier alpha value is -2.10. The van der Waals surface area contributed by atoms with Gasteiger partial charge in [-0.2, -0.15) is 4.40 Å². The number of aromatic amines is 1. The summed E-state index contributed by atoms with van der Waals surface area (Å²) in [4.78, 5) is 15.0. The summed E-state index contributed by atoms with van der Waals surface area (Å²) in [6.45, 7) is 3.53.